The molecule has 2 fully saturated rings. The van der Waals surface area contributed by atoms with Crippen molar-refractivity contribution in [2.45, 2.75) is 54.9 Å². The first-order valence-corrected chi connectivity index (χ1v) is 9.89. The summed E-state index contributed by atoms with van der Waals surface area (Å²) in [7, 11) is 2.19. The maximum absolute atomic E-state index is 10.4. The SMILES string of the molecule is CN1CC[C@]23c4c5ccc(O)c4O[C@H]2[C@@H](O)C=C[C@H]3[C@H]1C5.NC1(C(=O)O)CC1. The van der Waals surface area contributed by atoms with E-state index >= 15 is 0 Å². The van der Waals surface area contributed by atoms with Gasteiger partial charge in [0.15, 0.2) is 11.5 Å². The Bertz CT molecular complexity index is 880. The van der Waals surface area contributed by atoms with Crippen molar-refractivity contribution in [3.8, 4) is 11.5 Å². The minimum Gasteiger partial charge on any atom is -0.504 e. The molecule has 5 aliphatic rings. The van der Waals surface area contributed by atoms with Crippen LogP contribution in [0.2, 0.25) is 0 Å². The number of nitrogens with zero attached hydrogens (tertiary/aromatic N) is 1. The second-order valence-corrected chi connectivity index (χ2v) is 8.89. The molecule has 7 heteroatoms. The number of aromatic hydroxyl groups is 1. The highest BCUT2D eigenvalue weighted by atomic mass is 16.5. The zero-order chi connectivity index (χ0) is 19.8. The summed E-state index contributed by atoms with van der Waals surface area (Å²) < 4.78 is 6.09. The van der Waals surface area contributed by atoms with E-state index in [0.717, 1.165) is 19.4 Å². The normalized spacial score (nSPS) is 38.0. The lowest BCUT2D eigenvalue weighted by molar-refractivity contribution is -0.139. The number of phenolic OH excluding ortho intramolecular Hbond substituents is 1. The first-order chi connectivity index (χ1) is 13.3. The molecule has 0 amide bonds. The van der Waals surface area contributed by atoms with Crippen LogP contribution >= 0.6 is 0 Å². The van der Waals surface area contributed by atoms with Crippen LogP contribution in [0.5, 0.6) is 11.5 Å². The van der Waals surface area contributed by atoms with Gasteiger partial charge in [-0.05, 0) is 50.9 Å². The molecule has 7 nitrogen and oxygen atoms in total. The predicted octanol–water partition coefficient (Wildman–Crippen LogP) is 0.760. The highest BCUT2D eigenvalue weighted by Crippen LogP contribution is 2.62. The van der Waals surface area contributed by atoms with Crippen LogP contribution in [0.15, 0.2) is 24.3 Å². The molecular formula is C21H26N2O5. The van der Waals surface area contributed by atoms with Crippen molar-refractivity contribution < 1.29 is 24.9 Å². The fraction of sp³-hybridized carbons (Fsp3) is 0.571. The fourth-order valence-corrected chi connectivity index (χ4v) is 5.59. The van der Waals surface area contributed by atoms with E-state index in [4.69, 9.17) is 15.6 Å². The minimum atomic E-state index is -0.868. The van der Waals surface area contributed by atoms with Crippen molar-refractivity contribution in [3.05, 3.63) is 35.4 Å². The molecule has 5 atom stereocenters. The maximum atomic E-state index is 10.4. The number of piperidine rings is 1. The van der Waals surface area contributed by atoms with E-state index in [1.165, 1.54) is 11.1 Å². The zero-order valence-electron chi connectivity index (χ0n) is 15.8. The lowest BCUT2D eigenvalue weighted by Gasteiger charge is -2.56. The van der Waals surface area contributed by atoms with Crippen LogP contribution in [0.25, 0.3) is 0 Å². The molecule has 2 bridgehead atoms. The number of carboxylic acids is 1. The summed E-state index contributed by atoms with van der Waals surface area (Å²) in [4.78, 5) is 12.4. The number of aliphatic hydroxyl groups excluding tert-OH is 1. The Morgan fingerprint density at radius 1 is 1.29 bits per heavy atom. The van der Waals surface area contributed by atoms with Gasteiger partial charge in [0, 0.05) is 22.9 Å². The van der Waals surface area contributed by atoms with Crippen molar-refractivity contribution in [2.75, 3.05) is 13.6 Å². The summed E-state index contributed by atoms with van der Waals surface area (Å²) in [5, 5.41) is 28.8. The Morgan fingerprint density at radius 3 is 2.68 bits per heavy atom. The molecule has 1 aromatic carbocycles. The number of nitrogens with two attached hydrogens (primary N) is 1. The number of carboxylic acid groups (broad SMARTS) is 1. The Morgan fingerprint density at radius 2 is 2.04 bits per heavy atom. The van der Waals surface area contributed by atoms with Crippen LogP contribution < -0.4 is 10.5 Å². The number of benzene rings is 1. The summed E-state index contributed by atoms with van der Waals surface area (Å²) in [6.45, 7) is 1.01. The van der Waals surface area contributed by atoms with Gasteiger partial charge in [0.25, 0.3) is 0 Å². The van der Waals surface area contributed by atoms with Crippen LogP contribution in [-0.4, -0.2) is 63.6 Å². The van der Waals surface area contributed by atoms with Crippen LogP contribution in [-0.2, 0) is 16.6 Å². The molecule has 150 valence electrons. The molecule has 2 aliphatic heterocycles. The van der Waals surface area contributed by atoms with Gasteiger partial charge in [0.1, 0.15) is 17.7 Å². The van der Waals surface area contributed by atoms with Gasteiger partial charge in [0.2, 0.25) is 0 Å². The maximum Gasteiger partial charge on any atom is 0.323 e. The van der Waals surface area contributed by atoms with Gasteiger partial charge < -0.3 is 30.7 Å². The third-order valence-electron chi connectivity index (χ3n) is 7.36. The van der Waals surface area contributed by atoms with E-state index in [1.54, 1.807) is 6.07 Å². The number of hydrogen-bond donors (Lipinski definition) is 4. The second kappa shape index (κ2) is 5.72. The standard InChI is InChI=1S/C17H19NO3.C4H7NO2/c1-18-7-6-17-10-3-5-13(20)16(17)21-15-12(19)4-2-9(14(15)17)8-11(10)18;5-4(1-2-4)3(6)7/h2-5,10-11,13,16,19-20H,6-8H2,1H3;1-2,5H2,(H,6,7)/t10-,11+,13-,16-,17-;/m0./s1. The van der Waals surface area contributed by atoms with Crippen LogP contribution in [0, 0.1) is 5.92 Å². The van der Waals surface area contributed by atoms with E-state index in [2.05, 4.69) is 18.0 Å². The molecule has 1 saturated heterocycles. The highest BCUT2D eigenvalue weighted by molar-refractivity contribution is 5.81. The number of rotatable bonds is 1. The number of ether oxygens (including phenoxy) is 1. The molecule has 1 aromatic rings. The summed E-state index contributed by atoms with van der Waals surface area (Å²) in [5.74, 6) is 0.321. The quantitative estimate of drug-likeness (QED) is 0.527. The molecule has 28 heavy (non-hydrogen) atoms. The van der Waals surface area contributed by atoms with Gasteiger partial charge in [0.05, 0.1) is 0 Å². The summed E-state index contributed by atoms with van der Waals surface area (Å²) in [6, 6.07) is 4.23. The van der Waals surface area contributed by atoms with E-state index in [9.17, 15) is 15.0 Å². The lowest BCUT2D eigenvalue weighted by Crippen LogP contribution is -2.64. The number of phenols is 1. The molecule has 2 heterocycles. The highest BCUT2D eigenvalue weighted by Gasteiger charge is 2.64. The Labute approximate surface area is 163 Å². The lowest BCUT2D eigenvalue weighted by atomic mass is 9.53. The molecular weight excluding hydrogens is 360 g/mol. The first-order valence-electron chi connectivity index (χ1n) is 9.89. The molecule has 1 spiro atoms. The van der Waals surface area contributed by atoms with Gasteiger partial charge in [-0.1, -0.05) is 18.2 Å². The summed E-state index contributed by atoms with van der Waals surface area (Å²) in [6.07, 6.45) is 6.46. The van der Waals surface area contributed by atoms with Crippen molar-refractivity contribution in [1.29, 1.82) is 0 Å². The van der Waals surface area contributed by atoms with E-state index < -0.39 is 17.6 Å². The smallest absolute Gasteiger partial charge is 0.323 e. The Kier molecular flexibility index (Phi) is 3.67. The van der Waals surface area contributed by atoms with E-state index in [1.807, 2.05) is 12.1 Å². The van der Waals surface area contributed by atoms with Crippen LogP contribution in [0.4, 0.5) is 0 Å². The second-order valence-electron chi connectivity index (χ2n) is 8.89. The van der Waals surface area contributed by atoms with Gasteiger partial charge in [-0.25, -0.2) is 0 Å². The Hall–Kier alpha value is -2.09. The third-order valence-corrected chi connectivity index (χ3v) is 7.36. The topological polar surface area (TPSA) is 116 Å². The van der Waals surface area contributed by atoms with Crippen molar-refractivity contribution in [3.63, 3.8) is 0 Å². The molecule has 1 saturated carbocycles. The molecule has 0 aromatic heterocycles. The van der Waals surface area contributed by atoms with Gasteiger partial charge in [-0.15, -0.1) is 0 Å². The molecule has 5 N–H and O–H groups in total. The minimum absolute atomic E-state index is 0.160. The van der Waals surface area contributed by atoms with Crippen LogP contribution in [0.1, 0.15) is 30.4 Å². The number of hydrogen-bond acceptors (Lipinski definition) is 6. The third kappa shape index (κ3) is 2.24. The first kappa shape index (κ1) is 18.0. The van der Waals surface area contributed by atoms with Gasteiger partial charge in [-0.2, -0.15) is 0 Å². The number of carbonyl (C=O) groups is 1. The zero-order valence-corrected chi connectivity index (χ0v) is 15.8. The average molecular weight is 386 g/mol. The molecule has 3 aliphatic carbocycles. The number of aliphatic hydroxyl groups is 1. The van der Waals surface area contributed by atoms with Crippen molar-refractivity contribution in [1.82, 2.24) is 4.90 Å². The average Bonchev–Trinajstić information content (AvgIpc) is 3.31. The van der Waals surface area contributed by atoms with Crippen molar-refractivity contribution >= 4 is 5.97 Å². The molecule has 0 unspecified atom stereocenters. The largest absolute Gasteiger partial charge is 0.504 e. The van der Waals surface area contributed by atoms with Gasteiger partial charge >= 0.3 is 5.97 Å². The van der Waals surface area contributed by atoms with Crippen molar-refractivity contribution in [2.24, 2.45) is 11.7 Å². The summed E-state index contributed by atoms with van der Waals surface area (Å²) >= 11 is 0. The summed E-state index contributed by atoms with van der Waals surface area (Å²) in [5.41, 5.74) is 6.65. The van der Waals surface area contributed by atoms with Crippen LogP contribution in [0.3, 0.4) is 0 Å². The fourth-order valence-electron chi connectivity index (χ4n) is 5.59. The molecule has 0 radical (unpaired) electrons. The predicted molar refractivity (Wildman–Crippen MR) is 101 cm³/mol. The Balaban J connectivity index is 0.000000208. The molecule has 6 rings (SSSR count). The number of aliphatic carboxylic acids is 1. The monoisotopic (exact) mass is 386 g/mol. The van der Waals surface area contributed by atoms with E-state index in [0.29, 0.717) is 30.6 Å². The number of likely N-dealkylation sites (N-methyl/N-ethyl adjacent to an activating group) is 1. The van der Waals surface area contributed by atoms with Gasteiger partial charge in [-0.3, -0.25) is 4.79 Å². The van der Waals surface area contributed by atoms with E-state index in [-0.39, 0.29) is 17.3 Å². The number of likely N-dealkylation sites (tertiary alicyclic amines) is 1.